The second-order valence-electron chi connectivity index (χ2n) is 5.53. The zero-order valence-corrected chi connectivity index (χ0v) is 13.0. The van der Waals surface area contributed by atoms with E-state index in [0.29, 0.717) is 17.2 Å². The Kier molecular flexibility index (Phi) is 3.30. The van der Waals surface area contributed by atoms with Crippen molar-refractivity contribution in [1.82, 2.24) is 4.98 Å². The predicted molar refractivity (Wildman–Crippen MR) is 87.7 cm³/mol. The molecule has 0 spiro atoms. The minimum Gasteiger partial charge on any atom is -0.497 e. The third-order valence-corrected chi connectivity index (χ3v) is 4.10. The van der Waals surface area contributed by atoms with Crippen LogP contribution in [0.25, 0.3) is 22.2 Å². The SMILES string of the molecule is COc1ccc2[nH]c(-c3ccc4c(c3)OCO4)c(CC(=O)O)c2c1. The summed E-state index contributed by atoms with van der Waals surface area (Å²) in [6, 6.07) is 11.1. The zero-order valence-electron chi connectivity index (χ0n) is 13.0. The van der Waals surface area contributed by atoms with Crippen molar-refractivity contribution in [3.63, 3.8) is 0 Å². The summed E-state index contributed by atoms with van der Waals surface area (Å²) in [5.41, 5.74) is 3.19. The molecule has 3 aromatic rings. The van der Waals surface area contributed by atoms with Gasteiger partial charge in [0.15, 0.2) is 11.5 Å². The van der Waals surface area contributed by atoms with Gasteiger partial charge in [-0.3, -0.25) is 4.79 Å². The van der Waals surface area contributed by atoms with Crippen molar-refractivity contribution >= 4 is 16.9 Å². The third-order valence-electron chi connectivity index (χ3n) is 4.10. The van der Waals surface area contributed by atoms with Gasteiger partial charge in [0.05, 0.1) is 19.2 Å². The number of hydrogen-bond acceptors (Lipinski definition) is 4. The molecule has 1 aliphatic rings. The number of aliphatic carboxylic acids is 1. The smallest absolute Gasteiger partial charge is 0.307 e. The highest BCUT2D eigenvalue weighted by Crippen LogP contribution is 2.39. The lowest BCUT2D eigenvalue weighted by Gasteiger charge is -2.05. The first-order valence-corrected chi connectivity index (χ1v) is 7.46. The van der Waals surface area contributed by atoms with Gasteiger partial charge in [-0.15, -0.1) is 0 Å². The first-order valence-electron chi connectivity index (χ1n) is 7.46. The van der Waals surface area contributed by atoms with Gasteiger partial charge in [0.2, 0.25) is 6.79 Å². The van der Waals surface area contributed by atoms with Crippen molar-refractivity contribution in [2.24, 2.45) is 0 Å². The Morgan fingerprint density at radius 2 is 2.04 bits per heavy atom. The fourth-order valence-electron chi connectivity index (χ4n) is 2.99. The molecule has 0 saturated heterocycles. The van der Waals surface area contributed by atoms with Gasteiger partial charge >= 0.3 is 5.97 Å². The van der Waals surface area contributed by atoms with Crippen LogP contribution in [0.3, 0.4) is 0 Å². The van der Waals surface area contributed by atoms with Gasteiger partial charge in [0.1, 0.15) is 5.75 Å². The molecule has 1 aromatic heterocycles. The number of nitrogens with one attached hydrogen (secondary N) is 1. The molecular formula is C18H15NO5. The lowest BCUT2D eigenvalue weighted by molar-refractivity contribution is -0.136. The van der Waals surface area contributed by atoms with Crippen LogP contribution in [0.4, 0.5) is 0 Å². The van der Waals surface area contributed by atoms with E-state index in [1.165, 1.54) is 0 Å². The second kappa shape index (κ2) is 5.49. The summed E-state index contributed by atoms with van der Waals surface area (Å²) in [5.74, 6) is 1.15. The van der Waals surface area contributed by atoms with Gasteiger partial charge in [0, 0.05) is 16.5 Å². The molecule has 0 aliphatic carbocycles. The summed E-state index contributed by atoms with van der Waals surface area (Å²) in [6.07, 6.45) is -0.0864. The molecule has 2 N–H and O–H groups in total. The van der Waals surface area contributed by atoms with Crippen LogP contribution in [0.15, 0.2) is 36.4 Å². The molecular weight excluding hydrogens is 310 g/mol. The highest BCUT2D eigenvalue weighted by molar-refractivity contribution is 5.95. The van der Waals surface area contributed by atoms with Crippen LogP contribution >= 0.6 is 0 Å². The average Bonchev–Trinajstić information content (AvgIpc) is 3.18. The maximum absolute atomic E-state index is 11.3. The average molecular weight is 325 g/mol. The van der Waals surface area contributed by atoms with E-state index in [-0.39, 0.29) is 13.2 Å². The Morgan fingerprint density at radius 1 is 1.21 bits per heavy atom. The summed E-state index contributed by atoms with van der Waals surface area (Å²) < 4.78 is 16.0. The van der Waals surface area contributed by atoms with E-state index in [0.717, 1.165) is 27.7 Å². The number of aromatic nitrogens is 1. The minimum absolute atomic E-state index is 0.0864. The van der Waals surface area contributed by atoms with Crippen molar-refractivity contribution in [2.45, 2.75) is 6.42 Å². The van der Waals surface area contributed by atoms with E-state index in [2.05, 4.69) is 4.98 Å². The Balaban J connectivity index is 1.91. The number of rotatable bonds is 4. The maximum atomic E-state index is 11.3. The molecule has 0 fully saturated rings. The molecule has 0 atom stereocenters. The van der Waals surface area contributed by atoms with E-state index in [1.54, 1.807) is 7.11 Å². The molecule has 0 amide bonds. The molecule has 24 heavy (non-hydrogen) atoms. The number of H-pyrrole nitrogens is 1. The quantitative estimate of drug-likeness (QED) is 0.770. The van der Waals surface area contributed by atoms with Crippen LogP contribution in [0.2, 0.25) is 0 Å². The van der Waals surface area contributed by atoms with Gasteiger partial charge < -0.3 is 24.3 Å². The number of carbonyl (C=O) groups is 1. The minimum atomic E-state index is -0.888. The van der Waals surface area contributed by atoms with Gasteiger partial charge in [-0.1, -0.05) is 0 Å². The summed E-state index contributed by atoms with van der Waals surface area (Å²) in [7, 11) is 1.59. The first-order chi connectivity index (χ1) is 11.7. The summed E-state index contributed by atoms with van der Waals surface area (Å²) in [5, 5.41) is 10.1. The number of carboxylic acid groups (broad SMARTS) is 1. The molecule has 2 heterocycles. The van der Waals surface area contributed by atoms with Crippen LogP contribution in [0.1, 0.15) is 5.56 Å². The highest BCUT2D eigenvalue weighted by Gasteiger charge is 2.19. The lowest BCUT2D eigenvalue weighted by atomic mass is 10.0. The van der Waals surface area contributed by atoms with E-state index < -0.39 is 5.97 Å². The van der Waals surface area contributed by atoms with Crippen molar-refractivity contribution < 1.29 is 24.1 Å². The van der Waals surface area contributed by atoms with E-state index in [9.17, 15) is 9.90 Å². The standard InChI is InChI=1S/C18H15NO5/c1-22-11-3-4-14-12(7-11)13(8-17(20)21)18(19-14)10-2-5-15-16(6-10)24-9-23-15/h2-7,19H,8-9H2,1H3,(H,20,21). The second-order valence-corrected chi connectivity index (χ2v) is 5.53. The first kappa shape index (κ1) is 14.4. The molecule has 0 unspecified atom stereocenters. The normalized spacial score (nSPS) is 12.5. The lowest BCUT2D eigenvalue weighted by Crippen LogP contribution is -2.01. The van der Waals surface area contributed by atoms with Crippen molar-refractivity contribution in [2.75, 3.05) is 13.9 Å². The molecule has 4 rings (SSSR count). The topological polar surface area (TPSA) is 80.8 Å². The highest BCUT2D eigenvalue weighted by atomic mass is 16.7. The Bertz CT molecular complexity index is 944. The van der Waals surface area contributed by atoms with Crippen molar-refractivity contribution in [3.8, 4) is 28.5 Å². The molecule has 1 aliphatic heterocycles. The predicted octanol–water partition coefficient (Wildman–Crippen LogP) is 3.20. The molecule has 0 bridgehead atoms. The van der Waals surface area contributed by atoms with E-state index >= 15 is 0 Å². The summed E-state index contributed by atoms with van der Waals surface area (Å²) >= 11 is 0. The summed E-state index contributed by atoms with van der Waals surface area (Å²) in [4.78, 5) is 14.7. The number of fused-ring (bicyclic) bond motifs is 2. The number of methoxy groups -OCH3 is 1. The van der Waals surface area contributed by atoms with E-state index in [4.69, 9.17) is 14.2 Å². The number of ether oxygens (including phenoxy) is 3. The fraction of sp³-hybridized carbons (Fsp3) is 0.167. The van der Waals surface area contributed by atoms with Gasteiger partial charge in [0.25, 0.3) is 0 Å². The molecule has 0 radical (unpaired) electrons. The Hall–Kier alpha value is -3.15. The van der Waals surface area contributed by atoms with E-state index in [1.807, 2.05) is 36.4 Å². The number of carboxylic acids is 1. The third kappa shape index (κ3) is 2.32. The monoisotopic (exact) mass is 325 g/mol. The van der Waals surface area contributed by atoms with Crippen molar-refractivity contribution in [1.29, 1.82) is 0 Å². The molecule has 6 nitrogen and oxygen atoms in total. The Labute approximate surface area is 137 Å². The summed E-state index contributed by atoms with van der Waals surface area (Å²) in [6.45, 7) is 0.199. The largest absolute Gasteiger partial charge is 0.497 e. The number of hydrogen-bond donors (Lipinski definition) is 2. The van der Waals surface area contributed by atoms with Gasteiger partial charge in [-0.05, 0) is 42.0 Å². The van der Waals surface area contributed by atoms with Crippen LogP contribution in [0.5, 0.6) is 17.2 Å². The maximum Gasteiger partial charge on any atom is 0.307 e. The molecule has 6 heteroatoms. The van der Waals surface area contributed by atoms with Crippen LogP contribution in [-0.2, 0) is 11.2 Å². The van der Waals surface area contributed by atoms with Gasteiger partial charge in [-0.25, -0.2) is 0 Å². The van der Waals surface area contributed by atoms with Crippen LogP contribution < -0.4 is 14.2 Å². The molecule has 122 valence electrons. The van der Waals surface area contributed by atoms with Gasteiger partial charge in [-0.2, -0.15) is 0 Å². The zero-order chi connectivity index (χ0) is 16.7. The molecule has 2 aromatic carbocycles. The van der Waals surface area contributed by atoms with Crippen LogP contribution in [0, 0.1) is 0 Å². The fourth-order valence-corrected chi connectivity index (χ4v) is 2.99. The molecule has 0 saturated carbocycles. The Morgan fingerprint density at radius 3 is 2.83 bits per heavy atom. The van der Waals surface area contributed by atoms with Crippen molar-refractivity contribution in [3.05, 3.63) is 42.0 Å². The number of benzene rings is 2. The number of aromatic amines is 1. The van der Waals surface area contributed by atoms with Crippen LogP contribution in [-0.4, -0.2) is 30.0 Å².